The molecule has 4 aliphatic heterocycles. The molecule has 75 heavy (non-hydrogen) atoms. The standard InChI is InChI=1S/C55H63N3O14S2.Na/c1-39-38-54(2,3)57(27-28-69-31-32-70-30-29-68-5)47-37-49-44(36-43(39)47)41(34-48(71-49)40-16-11-9-12-17-40)18-10-7-6-8-13-19-50-55(4,25-14-20-53(61)72-58-51(59)23-24-52(58)60)45-35-42(74(65,66)67)21-22-46(45)56(50)26-15-33-73(62,63)64;/h6-13,16-19,21-22,34-38H,14-15,20,23-33H2,1-5H3,(H-,62,63,64,65,66,67);/q;+1. The monoisotopic (exact) mass is 1080 g/mol. The van der Waals surface area contributed by atoms with Gasteiger partial charge in [-0.3, -0.25) is 14.1 Å². The number of benzene rings is 3. The molecule has 0 radical (unpaired) electrons. The Balaban J connectivity index is 0.00000914. The van der Waals surface area contributed by atoms with Crippen LogP contribution in [0.2, 0.25) is 0 Å². The van der Waals surface area contributed by atoms with Crippen LogP contribution >= 0.6 is 0 Å². The average Bonchev–Trinajstić information content (AvgIpc) is 3.78. The van der Waals surface area contributed by atoms with Crippen molar-refractivity contribution in [2.45, 2.75) is 82.1 Å². The second-order valence-corrected chi connectivity index (χ2v) is 21.9. The smallest absolute Gasteiger partial charge is 0.744 e. The number of nitrogens with zero attached hydrogens (tertiary/aromatic N) is 3. The molecule has 0 spiro atoms. The first-order valence-electron chi connectivity index (χ1n) is 24.4. The summed E-state index contributed by atoms with van der Waals surface area (Å²) in [5.41, 5.74) is 6.20. The number of carbonyl (C=O) groups excluding carboxylic acids is 3. The summed E-state index contributed by atoms with van der Waals surface area (Å²) in [6.07, 6.45) is 17.3. The summed E-state index contributed by atoms with van der Waals surface area (Å²) in [4.78, 5) is 44.0. The summed E-state index contributed by atoms with van der Waals surface area (Å²) in [6.45, 7) is 11.5. The van der Waals surface area contributed by atoms with Gasteiger partial charge < -0.3 is 33.2 Å². The summed E-state index contributed by atoms with van der Waals surface area (Å²) < 4.78 is 95.1. The Kier molecular flexibility index (Phi) is 20.2. The molecule has 20 heteroatoms. The molecular weight excluding hydrogens is 1010 g/mol. The summed E-state index contributed by atoms with van der Waals surface area (Å²) >= 11 is 0. The van der Waals surface area contributed by atoms with Crippen LogP contribution in [0.15, 0.2) is 120 Å². The number of amides is 2. The van der Waals surface area contributed by atoms with Gasteiger partial charge in [-0.25, -0.2) is 13.2 Å². The predicted molar refractivity (Wildman–Crippen MR) is 279 cm³/mol. The first-order chi connectivity index (χ1) is 35.2. The van der Waals surface area contributed by atoms with Crippen LogP contribution in [0.25, 0.3) is 16.9 Å². The quantitative estimate of drug-likeness (QED) is 0.0316. The number of hydrogen-bond donors (Lipinski definition) is 1. The molecule has 1 unspecified atom stereocenters. The van der Waals surface area contributed by atoms with Crippen molar-refractivity contribution in [2.75, 3.05) is 63.9 Å². The average molecular weight is 1080 g/mol. The largest absolute Gasteiger partial charge is 1.00 e. The molecule has 0 saturated carbocycles. The summed E-state index contributed by atoms with van der Waals surface area (Å²) in [5, 5.41) is 0.471. The second-order valence-electron chi connectivity index (χ2n) is 19.0. The van der Waals surface area contributed by atoms with Crippen molar-refractivity contribution in [3.63, 3.8) is 0 Å². The van der Waals surface area contributed by atoms with E-state index < -0.39 is 54.1 Å². The van der Waals surface area contributed by atoms with Crippen molar-refractivity contribution in [1.29, 1.82) is 0 Å². The van der Waals surface area contributed by atoms with Gasteiger partial charge in [0, 0.05) is 85.5 Å². The number of hydrogen-bond acceptors (Lipinski definition) is 14. The summed E-state index contributed by atoms with van der Waals surface area (Å²) in [7, 11) is -7.58. The molecule has 1 N–H and O–H groups in total. The minimum absolute atomic E-state index is 0. The minimum Gasteiger partial charge on any atom is -0.744 e. The third-order valence-corrected chi connectivity index (χ3v) is 14.9. The van der Waals surface area contributed by atoms with E-state index in [0.29, 0.717) is 73.1 Å². The maximum atomic E-state index is 12.9. The van der Waals surface area contributed by atoms with Gasteiger partial charge in [-0.05, 0) is 76.0 Å². The van der Waals surface area contributed by atoms with E-state index in [0.717, 1.165) is 33.5 Å². The van der Waals surface area contributed by atoms with Gasteiger partial charge in [0.15, 0.2) is 5.71 Å². The molecule has 2 amide bonds. The zero-order chi connectivity index (χ0) is 53.3. The zero-order valence-corrected chi connectivity index (χ0v) is 46.9. The molecule has 0 aliphatic carbocycles. The van der Waals surface area contributed by atoms with Crippen molar-refractivity contribution >= 4 is 72.0 Å². The maximum absolute atomic E-state index is 12.9. The number of fused-ring (bicyclic) bond motifs is 3. The van der Waals surface area contributed by atoms with E-state index in [1.54, 1.807) is 29.9 Å². The third kappa shape index (κ3) is 14.8. The second kappa shape index (κ2) is 25.7. The van der Waals surface area contributed by atoms with Crippen molar-refractivity contribution in [1.82, 2.24) is 5.06 Å². The first-order valence-corrected chi connectivity index (χ1v) is 27.5. The Hall–Kier alpha value is -5.32. The summed E-state index contributed by atoms with van der Waals surface area (Å²) in [6, 6.07) is 18.1. The number of allylic oxidation sites excluding steroid dienone is 10. The van der Waals surface area contributed by atoms with Crippen molar-refractivity contribution < 1.29 is 98.2 Å². The molecule has 3 aromatic rings. The minimum atomic E-state index is -4.90. The Labute approximate surface area is 461 Å². The van der Waals surface area contributed by atoms with Crippen LogP contribution in [0.4, 0.5) is 11.4 Å². The van der Waals surface area contributed by atoms with Gasteiger partial charge in [-0.2, -0.15) is 13.0 Å². The van der Waals surface area contributed by atoms with Crippen LogP contribution in [0.3, 0.4) is 0 Å². The fourth-order valence-corrected chi connectivity index (χ4v) is 10.7. The van der Waals surface area contributed by atoms with Crippen LogP contribution in [-0.4, -0.2) is 124 Å². The van der Waals surface area contributed by atoms with Gasteiger partial charge in [0.25, 0.3) is 21.9 Å². The molecule has 4 heterocycles. The van der Waals surface area contributed by atoms with Gasteiger partial charge in [-0.1, -0.05) is 72.9 Å². The first kappa shape index (κ1) is 58.9. The molecular formula is C55H63N3NaO14S2+. The van der Waals surface area contributed by atoms with Crippen LogP contribution in [0, 0.1) is 0 Å². The van der Waals surface area contributed by atoms with E-state index in [-0.39, 0.29) is 80.2 Å². The molecule has 0 aromatic heterocycles. The van der Waals surface area contributed by atoms with E-state index >= 15 is 0 Å². The number of rotatable bonds is 24. The number of hydroxylamine groups is 2. The topological polar surface area (TPSA) is 218 Å². The molecule has 17 nitrogen and oxygen atoms in total. The SMILES string of the molecule is COCCOCCOCCN1c2cc3c(cc2C(C)=CC1(C)C)C(=CC=CC=CC=CC1=[N+](CCCS(=O)(=O)O)c2ccc(S(=O)(=O)[O-])cc2C1(C)CCCC(=O)ON1C(=O)CCC1=O)C=C(c1ccccc1)O3.[Na+]. The fraction of sp³-hybridized carbons (Fsp3) is 0.382. The Morgan fingerprint density at radius 3 is 2.24 bits per heavy atom. The van der Waals surface area contributed by atoms with Gasteiger partial charge >= 0.3 is 35.5 Å². The Bertz CT molecular complexity index is 3070. The van der Waals surface area contributed by atoms with Gasteiger partial charge in [0.05, 0.1) is 54.6 Å². The number of ether oxygens (including phenoxy) is 4. The Morgan fingerprint density at radius 2 is 1.55 bits per heavy atom. The fourth-order valence-electron chi connectivity index (χ4n) is 9.68. The van der Waals surface area contributed by atoms with Crippen molar-refractivity contribution in [3.05, 3.63) is 138 Å². The third-order valence-electron chi connectivity index (χ3n) is 13.2. The predicted octanol–water partition coefficient (Wildman–Crippen LogP) is 4.87. The van der Waals surface area contributed by atoms with E-state index in [9.17, 15) is 40.3 Å². The molecule has 3 aromatic carbocycles. The molecule has 0 bridgehead atoms. The van der Waals surface area contributed by atoms with Crippen LogP contribution in [-0.2, 0) is 59.1 Å². The van der Waals surface area contributed by atoms with E-state index in [1.165, 1.54) is 18.2 Å². The number of imide groups is 1. The number of carbonyl (C=O) groups is 3. The van der Waals surface area contributed by atoms with Crippen LogP contribution < -0.4 is 39.2 Å². The molecule has 394 valence electrons. The van der Waals surface area contributed by atoms with Crippen molar-refractivity contribution in [3.8, 4) is 5.75 Å². The van der Waals surface area contributed by atoms with E-state index in [4.69, 9.17) is 23.8 Å². The number of anilines is 1. The van der Waals surface area contributed by atoms with Gasteiger partial charge in [0.2, 0.25) is 5.69 Å². The molecule has 1 saturated heterocycles. The molecule has 1 atom stereocenters. The summed E-state index contributed by atoms with van der Waals surface area (Å²) in [5.74, 6) is -1.20. The van der Waals surface area contributed by atoms with Gasteiger partial charge in [0.1, 0.15) is 28.2 Å². The zero-order valence-electron chi connectivity index (χ0n) is 43.3. The molecule has 1 fully saturated rings. The van der Waals surface area contributed by atoms with Crippen LogP contribution in [0.1, 0.15) is 88.5 Å². The van der Waals surface area contributed by atoms with Gasteiger partial charge in [-0.15, -0.1) is 5.06 Å². The molecule has 4 aliphatic rings. The number of methoxy groups -OCH3 is 1. The Morgan fingerprint density at radius 1 is 0.867 bits per heavy atom. The van der Waals surface area contributed by atoms with Crippen LogP contribution in [0.5, 0.6) is 5.75 Å². The van der Waals surface area contributed by atoms with E-state index in [1.807, 2.05) is 67.6 Å². The van der Waals surface area contributed by atoms with Crippen molar-refractivity contribution in [2.24, 2.45) is 0 Å². The van der Waals surface area contributed by atoms with E-state index in [2.05, 4.69) is 43.9 Å². The maximum Gasteiger partial charge on any atom is 1.00 e. The molecule has 7 rings (SSSR count). The normalized spacial score (nSPS) is 18.9.